The quantitative estimate of drug-likeness (QED) is 0.585. The molecule has 5 nitrogen and oxygen atoms in total. The van der Waals surface area contributed by atoms with Gasteiger partial charge in [-0.1, -0.05) is 0 Å². The zero-order valence-corrected chi connectivity index (χ0v) is 9.35. The van der Waals surface area contributed by atoms with Crippen LogP contribution in [0.25, 0.3) is 0 Å². The third-order valence-corrected chi connectivity index (χ3v) is 2.81. The van der Waals surface area contributed by atoms with Gasteiger partial charge in [-0.2, -0.15) is 0 Å². The summed E-state index contributed by atoms with van der Waals surface area (Å²) in [4.78, 5) is 22.7. The lowest BCUT2D eigenvalue weighted by Crippen LogP contribution is -2.57. The second-order valence-corrected chi connectivity index (χ2v) is 4.07. The molecule has 0 aliphatic carbocycles. The van der Waals surface area contributed by atoms with Gasteiger partial charge in [0.15, 0.2) is 0 Å². The van der Waals surface area contributed by atoms with Gasteiger partial charge in [-0.15, -0.1) is 0 Å². The van der Waals surface area contributed by atoms with Gasteiger partial charge in [0, 0.05) is 7.05 Å². The highest BCUT2D eigenvalue weighted by atomic mass is 16.2. The van der Waals surface area contributed by atoms with Crippen molar-refractivity contribution >= 4 is 11.8 Å². The molecule has 1 heterocycles. The van der Waals surface area contributed by atoms with Crippen molar-refractivity contribution in [3.05, 3.63) is 0 Å². The molecule has 0 radical (unpaired) electrons. The Labute approximate surface area is 90.0 Å². The maximum atomic E-state index is 11.8. The fourth-order valence-corrected chi connectivity index (χ4v) is 1.69. The molecular formula is C10H19N3O2. The Morgan fingerprint density at radius 1 is 1.40 bits per heavy atom. The molecule has 0 bridgehead atoms. The first-order chi connectivity index (χ1) is 7.08. The summed E-state index contributed by atoms with van der Waals surface area (Å²) < 4.78 is 0. The summed E-state index contributed by atoms with van der Waals surface area (Å²) >= 11 is 0. The summed E-state index contributed by atoms with van der Waals surface area (Å²) in [5, 5.41) is 8.29. The predicted octanol–water partition coefficient (Wildman–Crippen LogP) is -0.619. The van der Waals surface area contributed by atoms with Crippen LogP contribution in [0.3, 0.4) is 0 Å². The van der Waals surface area contributed by atoms with Crippen LogP contribution in [0.5, 0.6) is 0 Å². The van der Waals surface area contributed by atoms with E-state index in [9.17, 15) is 9.59 Å². The van der Waals surface area contributed by atoms with Crippen LogP contribution in [-0.4, -0.2) is 37.5 Å². The van der Waals surface area contributed by atoms with Crippen molar-refractivity contribution in [3.8, 4) is 0 Å². The summed E-state index contributed by atoms with van der Waals surface area (Å²) in [5.41, 5.74) is -0.508. The molecule has 3 N–H and O–H groups in total. The fraction of sp³-hybridized carbons (Fsp3) is 0.800. The smallest absolute Gasteiger partial charge is 0.240 e. The second-order valence-electron chi connectivity index (χ2n) is 4.07. The molecular weight excluding hydrogens is 194 g/mol. The Morgan fingerprint density at radius 3 is 2.67 bits per heavy atom. The molecule has 1 aliphatic heterocycles. The zero-order valence-electron chi connectivity index (χ0n) is 9.35. The Bertz CT molecular complexity index is 247. The van der Waals surface area contributed by atoms with E-state index >= 15 is 0 Å². The SMILES string of the molecule is CNC(=O)CNC(=O)[C@]1(C)CCCCN1. The molecule has 2 amide bonds. The van der Waals surface area contributed by atoms with Crippen LogP contribution in [0.15, 0.2) is 0 Å². The molecule has 0 saturated carbocycles. The molecule has 0 spiro atoms. The van der Waals surface area contributed by atoms with Crippen molar-refractivity contribution in [3.63, 3.8) is 0 Å². The lowest BCUT2D eigenvalue weighted by atomic mass is 9.90. The van der Waals surface area contributed by atoms with E-state index in [4.69, 9.17) is 0 Å². The summed E-state index contributed by atoms with van der Waals surface area (Å²) in [6.07, 6.45) is 2.99. The molecule has 15 heavy (non-hydrogen) atoms. The number of hydrogen-bond donors (Lipinski definition) is 3. The molecule has 86 valence electrons. The monoisotopic (exact) mass is 213 g/mol. The number of rotatable bonds is 3. The number of nitrogens with one attached hydrogen (secondary N) is 3. The molecule has 1 aliphatic rings. The fourth-order valence-electron chi connectivity index (χ4n) is 1.69. The van der Waals surface area contributed by atoms with Crippen molar-refractivity contribution in [2.75, 3.05) is 20.1 Å². The summed E-state index contributed by atoms with van der Waals surface area (Å²) in [5.74, 6) is -0.270. The molecule has 0 aromatic carbocycles. The van der Waals surface area contributed by atoms with E-state index in [0.29, 0.717) is 0 Å². The maximum Gasteiger partial charge on any atom is 0.240 e. The number of piperidine rings is 1. The molecule has 1 fully saturated rings. The first kappa shape index (κ1) is 12.0. The van der Waals surface area contributed by atoms with Crippen LogP contribution < -0.4 is 16.0 Å². The Morgan fingerprint density at radius 2 is 2.13 bits per heavy atom. The molecule has 0 aromatic heterocycles. The van der Waals surface area contributed by atoms with Gasteiger partial charge in [0.2, 0.25) is 11.8 Å². The van der Waals surface area contributed by atoms with E-state index in [0.717, 1.165) is 25.8 Å². The van der Waals surface area contributed by atoms with Gasteiger partial charge in [0.25, 0.3) is 0 Å². The van der Waals surface area contributed by atoms with E-state index in [-0.39, 0.29) is 18.4 Å². The highest BCUT2D eigenvalue weighted by molar-refractivity contribution is 5.89. The van der Waals surface area contributed by atoms with E-state index < -0.39 is 5.54 Å². The van der Waals surface area contributed by atoms with Gasteiger partial charge in [0.1, 0.15) is 0 Å². The lowest BCUT2D eigenvalue weighted by Gasteiger charge is -2.33. The standard InChI is InChI=1S/C10H19N3O2/c1-10(5-3-4-6-13-10)9(15)12-7-8(14)11-2/h13H,3-7H2,1-2H3,(H,11,14)(H,12,15)/t10-/m0/s1. The minimum absolute atomic E-state index is 0.0482. The predicted molar refractivity (Wildman–Crippen MR) is 57.3 cm³/mol. The first-order valence-electron chi connectivity index (χ1n) is 5.32. The third kappa shape index (κ3) is 3.20. The number of likely N-dealkylation sites (N-methyl/N-ethyl adjacent to an activating group) is 1. The van der Waals surface area contributed by atoms with Gasteiger partial charge < -0.3 is 16.0 Å². The molecule has 1 rings (SSSR count). The average molecular weight is 213 g/mol. The van der Waals surface area contributed by atoms with Gasteiger partial charge in [-0.3, -0.25) is 9.59 Å². The number of amides is 2. The normalized spacial score (nSPS) is 25.7. The maximum absolute atomic E-state index is 11.8. The molecule has 0 aromatic rings. The van der Waals surface area contributed by atoms with Crippen molar-refractivity contribution < 1.29 is 9.59 Å². The van der Waals surface area contributed by atoms with Crippen molar-refractivity contribution in [1.29, 1.82) is 0 Å². The van der Waals surface area contributed by atoms with Gasteiger partial charge in [-0.05, 0) is 32.7 Å². The number of carbonyl (C=O) groups is 2. The summed E-state index contributed by atoms with van der Waals surface area (Å²) in [7, 11) is 1.55. The Kier molecular flexibility index (Phi) is 4.08. The summed E-state index contributed by atoms with van der Waals surface area (Å²) in [6, 6.07) is 0. The summed E-state index contributed by atoms with van der Waals surface area (Å²) in [6.45, 7) is 2.79. The van der Waals surface area contributed by atoms with Crippen LogP contribution in [0.1, 0.15) is 26.2 Å². The Balaban J connectivity index is 2.41. The molecule has 5 heteroatoms. The van der Waals surface area contributed by atoms with Crippen LogP contribution in [0.4, 0.5) is 0 Å². The Hall–Kier alpha value is -1.10. The van der Waals surface area contributed by atoms with E-state index in [1.54, 1.807) is 7.05 Å². The minimum atomic E-state index is -0.508. The van der Waals surface area contributed by atoms with Crippen LogP contribution in [0.2, 0.25) is 0 Å². The van der Waals surface area contributed by atoms with Gasteiger partial charge in [0.05, 0.1) is 12.1 Å². The van der Waals surface area contributed by atoms with Crippen LogP contribution >= 0.6 is 0 Å². The van der Waals surface area contributed by atoms with E-state index in [1.165, 1.54) is 0 Å². The van der Waals surface area contributed by atoms with Crippen molar-refractivity contribution in [2.24, 2.45) is 0 Å². The highest BCUT2D eigenvalue weighted by Crippen LogP contribution is 2.18. The van der Waals surface area contributed by atoms with Gasteiger partial charge >= 0.3 is 0 Å². The largest absolute Gasteiger partial charge is 0.358 e. The number of carbonyl (C=O) groups excluding carboxylic acids is 2. The average Bonchev–Trinajstić information content (AvgIpc) is 2.26. The first-order valence-corrected chi connectivity index (χ1v) is 5.32. The minimum Gasteiger partial charge on any atom is -0.358 e. The zero-order chi connectivity index (χ0) is 11.3. The molecule has 0 unspecified atom stereocenters. The highest BCUT2D eigenvalue weighted by Gasteiger charge is 2.33. The van der Waals surface area contributed by atoms with Gasteiger partial charge in [-0.25, -0.2) is 0 Å². The molecule has 1 saturated heterocycles. The van der Waals surface area contributed by atoms with Crippen LogP contribution in [0, 0.1) is 0 Å². The second kappa shape index (κ2) is 5.11. The third-order valence-electron chi connectivity index (χ3n) is 2.81. The number of hydrogen-bond acceptors (Lipinski definition) is 3. The molecule has 1 atom stereocenters. The topological polar surface area (TPSA) is 70.2 Å². The van der Waals surface area contributed by atoms with E-state index in [2.05, 4.69) is 16.0 Å². The van der Waals surface area contributed by atoms with E-state index in [1.807, 2.05) is 6.92 Å². The lowest BCUT2D eigenvalue weighted by molar-refractivity contribution is -0.130. The van der Waals surface area contributed by atoms with Crippen molar-refractivity contribution in [2.45, 2.75) is 31.7 Å². The van der Waals surface area contributed by atoms with Crippen molar-refractivity contribution in [1.82, 2.24) is 16.0 Å². The van der Waals surface area contributed by atoms with Crippen LogP contribution in [-0.2, 0) is 9.59 Å².